The molecule has 2 rings (SSSR count). The number of amides is 2. The monoisotopic (exact) mass is 278 g/mol. The van der Waals surface area contributed by atoms with E-state index < -0.39 is 15.9 Å². The number of carbonyl (C=O) groups is 1. The van der Waals surface area contributed by atoms with Crippen molar-refractivity contribution in [3.8, 4) is 0 Å². The van der Waals surface area contributed by atoms with Crippen molar-refractivity contribution < 1.29 is 13.2 Å². The molecule has 1 aromatic carbocycles. The van der Waals surface area contributed by atoms with E-state index in [1.165, 1.54) is 43.0 Å². The van der Waals surface area contributed by atoms with E-state index in [4.69, 9.17) is 5.73 Å². The molecule has 3 N–H and O–H groups in total. The Hall–Kier alpha value is -2.48. The third-order valence-corrected chi connectivity index (χ3v) is 4.00. The number of aromatic nitrogens is 2. The van der Waals surface area contributed by atoms with Crippen LogP contribution in [0, 0.1) is 0 Å². The molecule has 0 fully saturated rings. The van der Waals surface area contributed by atoms with Gasteiger partial charge in [-0.15, -0.1) is 0 Å². The molecular weight excluding hydrogens is 268 g/mol. The molecule has 1 heterocycles. The summed E-state index contributed by atoms with van der Waals surface area (Å²) in [6.45, 7) is 0. The van der Waals surface area contributed by atoms with Gasteiger partial charge in [0.2, 0.25) is 9.84 Å². The number of anilines is 1. The van der Waals surface area contributed by atoms with Gasteiger partial charge in [-0.25, -0.2) is 23.2 Å². The quantitative estimate of drug-likeness (QED) is 0.861. The van der Waals surface area contributed by atoms with Gasteiger partial charge in [0.1, 0.15) is 11.2 Å². The van der Waals surface area contributed by atoms with Gasteiger partial charge in [-0.2, -0.15) is 0 Å². The molecule has 0 radical (unpaired) electrons. The predicted octanol–water partition coefficient (Wildman–Crippen LogP) is 0.800. The molecule has 0 aliphatic carbocycles. The number of hydrogen-bond acceptors (Lipinski definition) is 5. The lowest BCUT2D eigenvalue weighted by Gasteiger charge is -2.05. The van der Waals surface area contributed by atoms with E-state index in [-0.39, 0.29) is 9.79 Å². The van der Waals surface area contributed by atoms with Crippen LogP contribution < -0.4 is 11.1 Å². The van der Waals surface area contributed by atoms with Gasteiger partial charge in [0.15, 0.2) is 0 Å². The van der Waals surface area contributed by atoms with Crippen LogP contribution in [0.4, 0.5) is 10.5 Å². The second kappa shape index (κ2) is 5.02. The second-order valence-corrected chi connectivity index (χ2v) is 5.54. The van der Waals surface area contributed by atoms with Crippen LogP contribution in [0.2, 0.25) is 0 Å². The van der Waals surface area contributed by atoms with Crippen molar-refractivity contribution in [2.75, 3.05) is 5.32 Å². The van der Waals surface area contributed by atoms with Gasteiger partial charge in [-0.3, -0.25) is 0 Å². The maximum atomic E-state index is 12.2. The van der Waals surface area contributed by atoms with E-state index in [9.17, 15) is 13.2 Å². The molecule has 7 nitrogen and oxygen atoms in total. The largest absolute Gasteiger partial charge is 0.351 e. The van der Waals surface area contributed by atoms with E-state index in [0.29, 0.717) is 5.69 Å². The summed E-state index contributed by atoms with van der Waals surface area (Å²) in [5.74, 6) is 0. The van der Waals surface area contributed by atoms with E-state index in [1.54, 1.807) is 0 Å². The summed E-state index contributed by atoms with van der Waals surface area (Å²) in [7, 11) is -3.65. The molecule has 0 spiro atoms. The van der Waals surface area contributed by atoms with E-state index >= 15 is 0 Å². The Morgan fingerprint density at radius 1 is 1.05 bits per heavy atom. The van der Waals surface area contributed by atoms with E-state index in [2.05, 4.69) is 15.3 Å². The number of hydrogen-bond donors (Lipinski definition) is 2. The molecule has 2 aromatic rings. The zero-order valence-electron chi connectivity index (χ0n) is 9.65. The fraction of sp³-hybridized carbons (Fsp3) is 0. The molecule has 0 aliphatic rings. The van der Waals surface area contributed by atoms with Crippen molar-refractivity contribution in [3.63, 3.8) is 0 Å². The van der Waals surface area contributed by atoms with E-state index in [0.717, 1.165) is 0 Å². The molecular formula is C11H10N4O3S. The SMILES string of the molecule is NC(=O)Nc1ccc(S(=O)(=O)c2cncnc2)cc1. The van der Waals surface area contributed by atoms with Gasteiger partial charge >= 0.3 is 6.03 Å². The van der Waals surface area contributed by atoms with Crippen LogP contribution in [0.1, 0.15) is 0 Å². The fourth-order valence-corrected chi connectivity index (χ4v) is 2.59. The zero-order valence-corrected chi connectivity index (χ0v) is 10.5. The van der Waals surface area contributed by atoms with Gasteiger partial charge in [-0.05, 0) is 24.3 Å². The minimum absolute atomic E-state index is 0.00519. The summed E-state index contributed by atoms with van der Waals surface area (Å²) in [6.07, 6.45) is 3.69. The first-order valence-corrected chi connectivity index (χ1v) is 6.65. The van der Waals surface area contributed by atoms with Crippen molar-refractivity contribution in [2.45, 2.75) is 9.79 Å². The molecule has 0 bridgehead atoms. The Labute approximate surface area is 109 Å². The minimum Gasteiger partial charge on any atom is -0.351 e. The standard InChI is InChI=1S/C11H10N4O3S/c12-11(16)15-8-1-3-9(4-2-8)19(17,18)10-5-13-7-14-6-10/h1-7H,(H3,12,15,16). The number of nitrogens with two attached hydrogens (primary N) is 1. The van der Waals surface area contributed by atoms with Crippen LogP contribution in [-0.2, 0) is 9.84 Å². The summed E-state index contributed by atoms with van der Waals surface area (Å²) in [4.78, 5) is 18.1. The molecule has 0 aliphatic heterocycles. The summed E-state index contributed by atoms with van der Waals surface area (Å²) in [5.41, 5.74) is 5.37. The first-order chi connectivity index (χ1) is 9.00. The maximum Gasteiger partial charge on any atom is 0.316 e. The molecule has 8 heteroatoms. The number of primary amides is 1. The van der Waals surface area contributed by atoms with Gasteiger partial charge in [0, 0.05) is 18.1 Å². The summed E-state index contributed by atoms with van der Waals surface area (Å²) >= 11 is 0. The Balaban J connectivity index is 2.35. The van der Waals surface area contributed by atoms with Gasteiger partial charge in [0.05, 0.1) is 4.90 Å². The normalized spacial score (nSPS) is 10.9. The van der Waals surface area contributed by atoms with Crippen molar-refractivity contribution >= 4 is 21.6 Å². The number of sulfone groups is 1. The predicted molar refractivity (Wildman–Crippen MR) is 67.1 cm³/mol. The topological polar surface area (TPSA) is 115 Å². The van der Waals surface area contributed by atoms with Crippen LogP contribution in [0.5, 0.6) is 0 Å². The summed E-state index contributed by atoms with van der Waals surface area (Å²) < 4.78 is 24.4. The summed E-state index contributed by atoms with van der Waals surface area (Å²) in [5, 5.41) is 2.34. The number of benzene rings is 1. The van der Waals surface area contributed by atoms with Gasteiger partial charge < -0.3 is 11.1 Å². The third kappa shape index (κ3) is 2.86. The van der Waals surface area contributed by atoms with Crippen molar-refractivity contribution in [2.24, 2.45) is 5.73 Å². The first-order valence-electron chi connectivity index (χ1n) is 5.17. The number of carbonyl (C=O) groups excluding carboxylic acids is 1. The van der Waals surface area contributed by atoms with Crippen LogP contribution in [-0.4, -0.2) is 24.4 Å². The highest BCUT2D eigenvalue weighted by molar-refractivity contribution is 7.91. The molecule has 1 aromatic heterocycles. The zero-order chi connectivity index (χ0) is 13.9. The summed E-state index contributed by atoms with van der Waals surface area (Å²) in [6, 6.07) is 4.91. The van der Waals surface area contributed by atoms with Gasteiger partial charge in [0.25, 0.3) is 0 Å². The Morgan fingerprint density at radius 3 is 2.16 bits per heavy atom. The molecule has 98 valence electrons. The lowest BCUT2D eigenvalue weighted by atomic mass is 10.3. The Kier molecular flexibility index (Phi) is 3.43. The molecule has 0 saturated carbocycles. The highest BCUT2D eigenvalue weighted by atomic mass is 32.2. The Bertz CT molecular complexity index is 684. The van der Waals surface area contributed by atoms with E-state index in [1.807, 2.05) is 0 Å². The highest BCUT2D eigenvalue weighted by Crippen LogP contribution is 2.20. The van der Waals surface area contributed by atoms with Crippen molar-refractivity contribution in [1.29, 1.82) is 0 Å². The van der Waals surface area contributed by atoms with Crippen LogP contribution in [0.3, 0.4) is 0 Å². The lowest BCUT2D eigenvalue weighted by Crippen LogP contribution is -2.19. The Morgan fingerprint density at radius 2 is 1.63 bits per heavy atom. The number of urea groups is 1. The average Bonchev–Trinajstić information content (AvgIpc) is 2.40. The maximum absolute atomic E-state index is 12.2. The number of nitrogens with zero attached hydrogens (tertiary/aromatic N) is 2. The van der Waals surface area contributed by atoms with Crippen LogP contribution in [0.25, 0.3) is 0 Å². The third-order valence-electron chi connectivity index (χ3n) is 2.28. The second-order valence-electron chi connectivity index (χ2n) is 3.59. The molecule has 19 heavy (non-hydrogen) atoms. The molecule has 0 atom stereocenters. The number of nitrogens with one attached hydrogen (secondary N) is 1. The first kappa shape index (κ1) is 13.0. The van der Waals surface area contributed by atoms with Crippen molar-refractivity contribution in [1.82, 2.24) is 9.97 Å². The minimum atomic E-state index is -3.65. The van der Waals surface area contributed by atoms with Gasteiger partial charge in [-0.1, -0.05) is 0 Å². The fourth-order valence-electron chi connectivity index (χ4n) is 1.42. The lowest BCUT2D eigenvalue weighted by molar-refractivity contribution is 0.259. The van der Waals surface area contributed by atoms with Crippen LogP contribution >= 0.6 is 0 Å². The smallest absolute Gasteiger partial charge is 0.316 e. The number of rotatable bonds is 3. The molecule has 2 amide bonds. The average molecular weight is 278 g/mol. The molecule has 0 unspecified atom stereocenters. The van der Waals surface area contributed by atoms with Crippen molar-refractivity contribution in [3.05, 3.63) is 43.0 Å². The molecule has 0 saturated heterocycles. The highest BCUT2D eigenvalue weighted by Gasteiger charge is 2.17. The van der Waals surface area contributed by atoms with Crippen LogP contribution in [0.15, 0.2) is 52.8 Å².